The number of hydrogen-bond acceptors (Lipinski definition) is 6. The molecule has 2 amide bonds. The molecule has 0 unspecified atom stereocenters. The lowest BCUT2D eigenvalue weighted by atomic mass is 10.00. The highest BCUT2D eigenvalue weighted by Gasteiger charge is 2.41. The van der Waals surface area contributed by atoms with Gasteiger partial charge in [-0.15, -0.1) is 0 Å². The number of benzene rings is 4. The van der Waals surface area contributed by atoms with Crippen LogP contribution < -0.4 is 0 Å². The first-order valence-electron chi connectivity index (χ1n) is 23.9. The molecule has 4 fully saturated rings. The summed E-state index contributed by atoms with van der Waals surface area (Å²) in [5.74, 6) is 2.14. The minimum Gasteiger partial charge on any atom is -0.344 e. The zero-order valence-corrected chi connectivity index (χ0v) is 37.5. The van der Waals surface area contributed by atoms with E-state index < -0.39 is 0 Å². The molecule has 6 aromatic rings. The fraction of sp³-hybridized carbons (Fsp3) is 0.407. The van der Waals surface area contributed by atoms with Crippen molar-refractivity contribution in [2.45, 2.75) is 102 Å². The lowest BCUT2D eigenvalue weighted by Crippen LogP contribution is -2.44. The highest BCUT2D eigenvalue weighted by molar-refractivity contribution is 5.85. The van der Waals surface area contributed by atoms with E-state index in [9.17, 15) is 9.59 Å². The Labute approximate surface area is 378 Å². The number of imidazole rings is 2. The van der Waals surface area contributed by atoms with E-state index in [0.29, 0.717) is 0 Å². The molecule has 10 heteroatoms. The van der Waals surface area contributed by atoms with Crippen molar-refractivity contribution < 1.29 is 9.59 Å². The molecule has 64 heavy (non-hydrogen) atoms. The van der Waals surface area contributed by atoms with Gasteiger partial charge in [-0.1, -0.05) is 122 Å². The van der Waals surface area contributed by atoms with E-state index in [1.807, 2.05) is 36.4 Å². The maximum atomic E-state index is 14.5. The Morgan fingerprint density at radius 2 is 0.828 bits per heavy atom. The van der Waals surface area contributed by atoms with Gasteiger partial charge in [0.1, 0.15) is 23.7 Å². The number of nitrogens with zero attached hydrogens (tertiary/aromatic N) is 6. The van der Waals surface area contributed by atoms with Crippen LogP contribution in [0.25, 0.3) is 33.6 Å². The second-order valence-electron chi connectivity index (χ2n) is 18.5. The maximum Gasteiger partial charge on any atom is 0.245 e. The van der Waals surface area contributed by atoms with Gasteiger partial charge < -0.3 is 19.8 Å². The van der Waals surface area contributed by atoms with Gasteiger partial charge in [0.05, 0.1) is 23.5 Å². The minimum absolute atomic E-state index is 0.0704. The first-order chi connectivity index (χ1) is 31.4. The second-order valence-corrected chi connectivity index (χ2v) is 18.5. The van der Waals surface area contributed by atoms with E-state index in [1.165, 1.54) is 12.8 Å². The summed E-state index contributed by atoms with van der Waals surface area (Å²) in [5.41, 5.74) is 10.4. The van der Waals surface area contributed by atoms with Crippen LogP contribution in [0.15, 0.2) is 109 Å². The summed E-state index contributed by atoms with van der Waals surface area (Å²) >= 11 is 0. The molecule has 2 aromatic heterocycles. The third-order valence-electron chi connectivity index (χ3n) is 14.4. The number of rotatable bonds is 11. The number of hydrogen-bond donors (Lipinski definition) is 2. The first kappa shape index (κ1) is 42.1. The van der Waals surface area contributed by atoms with Crippen LogP contribution in [0.4, 0.5) is 0 Å². The summed E-state index contributed by atoms with van der Waals surface area (Å²) < 4.78 is 0. The fourth-order valence-electron chi connectivity index (χ4n) is 11.1. The molecule has 330 valence electrons. The molecule has 4 saturated heterocycles. The van der Waals surface area contributed by atoms with Crippen molar-refractivity contribution in [1.82, 2.24) is 39.5 Å². The molecule has 6 heterocycles. The number of piperidine rings is 2. The SMILES string of the molecule is Cc1[nH]c([C@@H]2CCCN2C(=O)[C@@H](c2ccccc2)N2CCCCC2)nc1-c1ccc(-c2ccc(-c3nc([C@@H]4CCCN4C(=O)[C@@H](c4ccccc4)N4CCCCC4)[nH]c3C)cc2)cc1. The lowest BCUT2D eigenvalue weighted by molar-refractivity contribution is -0.139. The average molecular weight is 855 g/mol. The van der Waals surface area contributed by atoms with Crippen molar-refractivity contribution in [3.05, 3.63) is 143 Å². The van der Waals surface area contributed by atoms with E-state index in [1.54, 1.807) is 0 Å². The topological polar surface area (TPSA) is 104 Å². The Bertz CT molecular complexity index is 2340. The Kier molecular flexibility index (Phi) is 12.3. The molecule has 0 aliphatic carbocycles. The fourth-order valence-corrected chi connectivity index (χ4v) is 11.1. The number of carbonyl (C=O) groups is 2. The number of carbonyl (C=O) groups excluding carboxylic acids is 2. The first-order valence-corrected chi connectivity index (χ1v) is 23.9. The van der Waals surface area contributed by atoms with Crippen LogP contribution in [0, 0.1) is 13.8 Å². The number of aromatic amines is 2. The lowest BCUT2D eigenvalue weighted by Gasteiger charge is -2.37. The van der Waals surface area contributed by atoms with E-state index in [4.69, 9.17) is 9.97 Å². The Morgan fingerprint density at radius 1 is 0.469 bits per heavy atom. The monoisotopic (exact) mass is 854 g/mol. The smallest absolute Gasteiger partial charge is 0.245 e. The Morgan fingerprint density at radius 3 is 1.20 bits per heavy atom. The van der Waals surface area contributed by atoms with Gasteiger partial charge in [-0.05, 0) is 114 Å². The van der Waals surface area contributed by atoms with Crippen molar-refractivity contribution in [2.75, 3.05) is 39.3 Å². The molecule has 10 nitrogen and oxygen atoms in total. The molecule has 0 spiro atoms. The molecule has 0 bridgehead atoms. The van der Waals surface area contributed by atoms with Crippen molar-refractivity contribution in [1.29, 1.82) is 0 Å². The van der Waals surface area contributed by atoms with E-state index in [2.05, 4.69) is 116 Å². The molecule has 4 aliphatic heterocycles. The number of H-pyrrole nitrogens is 2. The Hall–Kier alpha value is -5.84. The normalized spacial score (nSPS) is 20.7. The minimum atomic E-state index is -0.261. The molecule has 2 N–H and O–H groups in total. The Balaban J connectivity index is 0.829. The standard InChI is InChI=1S/C54H62N8O2/c1-37-47(57-51(55-37)45-21-15-35-61(45)53(63)49(43-17-7-3-8-18-43)59-31-11-5-12-32-59)41-27-23-39(24-28-41)40-25-29-42(30-26-40)48-38(2)56-52(58-48)46-22-16-36-62(46)54(64)50(44-19-9-4-10-20-44)60-33-13-6-14-34-60/h3-4,7-10,17-20,23-30,45-46,49-50H,5-6,11-16,21-22,31-36H2,1-2H3,(H,55,57)(H,56,58)/t45-,46-,49+,50+/m0/s1. The van der Waals surface area contributed by atoms with Gasteiger partial charge in [-0.2, -0.15) is 0 Å². The molecular weight excluding hydrogens is 793 g/mol. The quantitative estimate of drug-likeness (QED) is 0.135. The van der Waals surface area contributed by atoms with Crippen LogP contribution in [0.1, 0.15) is 123 Å². The van der Waals surface area contributed by atoms with Gasteiger partial charge in [-0.25, -0.2) is 9.97 Å². The van der Waals surface area contributed by atoms with Crippen molar-refractivity contribution >= 4 is 11.8 Å². The van der Waals surface area contributed by atoms with Crippen molar-refractivity contribution in [3.8, 4) is 33.6 Å². The van der Waals surface area contributed by atoms with Crippen LogP contribution in [-0.4, -0.2) is 90.6 Å². The van der Waals surface area contributed by atoms with Crippen LogP contribution in [0.5, 0.6) is 0 Å². The maximum absolute atomic E-state index is 14.5. The zero-order chi connectivity index (χ0) is 43.6. The van der Waals surface area contributed by atoms with Crippen LogP contribution >= 0.6 is 0 Å². The van der Waals surface area contributed by atoms with Gasteiger partial charge >= 0.3 is 0 Å². The zero-order valence-electron chi connectivity index (χ0n) is 37.5. The van der Waals surface area contributed by atoms with Gasteiger partial charge in [0.15, 0.2) is 0 Å². The molecule has 10 rings (SSSR count). The van der Waals surface area contributed by atoms with Crippen LogP contribution in [0.2, 0.25) is 0 Å². The highest BCUT2D eigenvalue weighted by Crippen LogP contribution is 2.39. The summed E-state index contributed by atoms with van der Waals surface area (Å²) in [6.45, 7) is 9.49. The molecule has 4 aromatic carbocycles. The number of nitrogens with one attached hydrogen (secondary N) is 2. The summed E-state index contributed by atoms with van der Waals surface area (Å²) in [6, 6.07) is 37.3. The predicted octanol–water partition coefficient (Wildman–Crippen LogP) is 10.5. The van der Waals surface area contributed by atoms with Crippen LogP contribution in [-0.2, 0) is 9.59 Å². The van der Waals surface area contributed by atoms with E-state index >= 15 is 0 Å². The van der Waals surface area contributed by atoms with Gasteiger partial charge in [0.25, 0.3) is 0 Å². The third kappa shape index (κ3) is 8.46. The van der Waals surface area contributed by atoms with Gasteiger partial charge in [0, 0.05) is 35.6 Å². The number of amides is 2. The molecule has 0 saturated carbocycles. The number of likely N-dealkylation sites (tertiary alicyclic amines) is 4. The third-order valence-corrected chi connectivity index (χ3v) is 14.4. The van der Waals surface area contributed by atoms with Crippen LogP contribution in [0.3, 0.4) is 0 Å². The van der Waals surface area contributed by atoms with Gasteiger partial charge in [-0.3, -0.25) is 19.4 Å². The molecule has 0 radical (unpaired) electrons. The average Bonchev–Trinajstić information content (AvgIpc) is 4.18. The molecule has 4 atom stereocenters. The predicted molar refractivity (Wildman–Crippen MR) is 253 cm³/mol. The summed E-state index contributed by atoms with van der Waals surface area (Å²) in [5, 5.41) is 0. The summed E-state index contributed by atoms with van der Waals surface area (Å²) in [7, 11) is 0. The summed E-state index contributed by atoms with van der Waals surface area (Å²) in [4.78, 5) is 55.6. The van der Waals surface area contributed by atoms with Crippen molar-refractivity contribution in [2.24, 2.45) is 0 Å². The summed E-state index contributed by atoms with van der Waals surface area (Å²) in [6.07, 6.45) is 10.7. The number of aryl methyl sites for hydroxylation is 2. The van der Waals surface area contributed by atoms with E-state index in [0.717, 1.165) is 158 Å². The molecule has 4 aliphatic rings. The second kappa shape index (κ2) is 18.7. The molecular formula is C54H62N8O2. The highest BCUT2D eigenvalue weighted by atomic mass is 16.2. The van der Waals surface area contributed by atoms with Crippen molar-refractivity contribution in [3.63, 3.8) is 0 Å². The van der Waals surface area contributed by atoms with E-state index in [-0.39, 0.29) is 36.0 Å². The van der Waals surface area contributed by atoms with Gasteiger partial charge in [0.2, 0.25) is 11.8 Å². The largest absolute Gasteiger partial charge is 0.344 e. The number of aromatic nitrogens is 4.